The number of aliphatic hydroxyl groups excluding tert-OH is 1. The fourth-order valence-electron chi connectivity index (χ4n) is 1.74. The van der Waals surface area contributed by atoms with E-state index in [1.165, 1.54) is 4.68 Å². The summed E-state index contributed by atoms with van der Waals surface area (Å²) in [6, 6.07) is 5.47. The summed E-state index contributed by atoms with van der Waals surface area (Å²) in [7, 11) is 1.59. The maximum atomic E-state index is 8.97. The molecule has 0 radical (unpaired) electrons. The molecular weight excluding hydrogens is 248 g/mol. The summed E-state index contributed by atoms with van der Waals surface area (Å²) < 4.78 is 12.3. The molecule has 0 aliphatic heterocycles. The molecule has 0 saturated heterocycles. The number of benzene rings is 1. The molecule has 0 aliphatic rings. The molecule has 2 aromatic rings. The van der Waals surface area contributed by atoms with E-state index in [9.17, 15) is 0 Å². The van der Waals surface area contributed by atoms with E-state index in [1.807, 2.05) is 19.1 Å². The smallest absolute Gasteiger partial charge is 0.182 e. The molecule has 1 aromatic carbocycles. The Morgan fingerprint density at radius 3 is 2.84 bits per heavy atom. The molecule has 102 valence electrons. The summed E-state index contributed by atoms with van der Waals surface area (Å²) in [6.45, 7) is 2.77. The van der Waals surface area contributed by atoms with Crippen LogP contribution in [0.15, 0.2) is 18.2 Å². The lowest BCUT2D eigenvalue weighted by Gasteiger charge is -2.10. The van der Waals surface area contributed by atoms with Crippen molar-refractivity contribution in [2.45, 2.75) is 13.5 Å². The molecule has 0 bridgehead atoms. The molecule has 0 unspecified atom stereocenters. The van der Waals surface area contributed by atoms with Crippen LogP contribution in [0.5, 0.6) is 11.5 Å². The Morgan fingerprint density at radius 2 is 2.16 bits per heavy atom. The van der Waals surface area contributed by atoms with Gasteiger partial charge in [-0.3, -0.25) is 0 Å². The van der Waals surface area contributed by atoms with E-state index in [4.69, 9.17) is 14.6 Å². The van der Waals surface area contributed by atoms with Gasteiger partial charge in [-0.05, 0) is 35.5 Å². The minimum atomic E-state index is -0.0213. The van der Waals surface area contributed by atoms with E-state index >= 15 is 0 Å². The van der Waals surface area contributed by atoms with Gasteiger partial charge in [-0.25, -0.2) is 4.68 Å². The summed E-state index contributed by atoms with van der Waals surface area (Å²) in [5.74, 6) is 1.88. The Kier molecular flexibility index (Phi) is 4.30. The number of hydrogen-bond donors (Lipinski definition) is 1. The molecule has 0 atom stereocenters. The van der Waals surface area contributed by atoms with Gasteiger partial charge >= 0.3 is 0 Å². The summed E-state index contributed by atoms with van der Waals surface area (Å²) in [5.41, 5.74) is 0.808. The third-order valence-electron chi connectivity index (χ3n) is 2.57. The second-order valence-electron chi connectivity index (χ2n) is 3.75. The van der Waals surface area contributed by atoms with Crippen LogP contribution in [-0.2, 0) is 6.54 Å². The zero-order valence-corrected chi connectivity index (χ0v) is 10.9. The van der Waals surface area contributed by atoms with E-state index in [0.717, 1.165) is 5.56 Å². The monoisotopic (exact) mass is 264 g/mol. The van der Waals surface area contributed by atoms with Crippen molar-refractivity contribution < 1.29 is 14.6 Å². The molecule has 1 N–H and O–H groups in total. The van der Waals surface area contributed by atoms with E-state index < -0.39 is 0 Å². The van der Waals surface area contributed by atoms with Crippen LogP contribution >= 0.6 is 0 Å². The average molecular weight is 264 g/mol. The molecule has 0 fully saturated rings. The SMILES string of the molecule is CCOc1cc(-c2nnnn2CCO)ccc1OC. The first-order chi connectivity index (χ1) is 9.30. The van der Waals surface area contributed by atoms with Crippen molar-refractivity contribution in [1.29, 1.82) is 0 Å². The minimum absolute atomic E-state index is 0.0213. The Morgan fingerprint density at radius 1 is 1.32 bits per heavy atom. The highest BCUT2D eigenvalue weighted by Crippen LogP contribution is 2.31. The number of aromatic nitrogens is 4. The number of tetrazole rings is 1. The average Bonchev–Trinajstić information content (AvgIpc) is 2.88. The zero-order chi connectivity index (χ0) is 13.7. The van der Waals surface area contributed by atoms with E-state index in [-0.39, 0.29) is 6.61 Å². The summed E-state index contributed by atoms with van der Waals surface area (Å²) >= 11 is 0. The van der Waals surface area contributed by atoms with Crippen molar-refractivity contribution in [3.8, 4) is 22.9 Å². The van der Waals surface area contributed by atoms with Crippen LogP contribution in [0.1, 0.15) is 6.92 Å². The lowest BCUT2D eigenvalue weighted by molar-refractivity contribution is 0.269. The van der Waals surface area contributed by atoms with Crippen molar-refractivity contribution in [2.75, 3.05) is 20.3 Å². The first kappa shape index (κ1) is 13.3. The number of hydrogen-bond acceptors (Lipinski definition) is 6. The maximum Gasteiger partial charge on any atom is 0.182 e. The Labute approximate surface area is 110 Å². The van der Waals surface area contributed by atoms with Gasteiger partial charge in [0.1, 0.15) is 0 Å². The Balaban J connectivity index is 2.39. The Bertz CT molecular complexity index is 542. The van der Waals surface area contributed by atoms with Gasteiger partial charge in [-0.2, -0.15) is 0 Å². The van der Waals surface area contributed by atoms with Gasteiger partial charge in [0.2, 0.25) is 0 Å². The van der Waals surface area contributed by atoms with Gasteiger partial charge in [0.25, 0.3) is 0 Å². The molecule has 0 aliphatic carbocycles. The topological polar surface area (TPSA) is 82.3 Å². The standard InChI is InChI=1S/C12H16N4O3/c1-3-19-11-8-9(4-5-10(11)18-2)12-13-14-15-16(12)6-7-17/h4-5,8,17H,3,6-7H2,1-2H3. The molecule has 7 heteroatoms. The van der Waals surface area contributed by atoms with Crippen LogP contribution in [-0.4, -0.2) is 45.6 Å². The minimum Gasteiger partial charge on any atom is -0.493 e. The van der Waals surface area contributed by atoms with Gasteiger partial charge < -0.3 is 14.6 Å². The first-order valence-corrected chi connectivity index (χ1v) is 5.98. The molecule has 2 rings (SSSR count). The van der Waals surface area contributed by atoms with E-state index in [0.29, 0.717) is 30.5 Å². The predicted octanol–water partition coefficient (Wildman–Crippen LogP) is 0.740. The van der Waals surface area contributed by atoms with Crippen molar-refractivity contribution in [1.82, 2.24) is 20.2 Å². The quantitative estimate of drug-likeness (QED) is 0.828. The molecule has 1 heterocycles. The molecule has 0 saturated carbocycles. The third kappa shape index (κ3) is 2.82. The molecule has 1 aromatic heterocycles. The third-order valence-corrected chi connectivity index (χ3v) is 2.57. The second kappa shape index (κ2) is 6.14. The highest BCUT2D eigenvalue weighted by atomic mass is 16.5. The first-order valence-electron chi connectivity index (χ1n) is 5.98. The van der Waals surface area contributed by atoms with Crippen LogP contribution in [0.2, 0.25) is 0 Å². The zero-order valence-electron chi connectivity index (χ0n) is 10.9. The van der Waals surface area contributed by atoms with Gasteiger partial charge in [0, 0.05) is 5.56 Å². The van der Waals surface area contributed by atoms with Crippen LogP contribution in [0.3, 0.4) is 0 Å². The number of nitrogens with zero attached hydrogens (tertiary/aromatic N) is 4. The number of rotatable bonds is 6. The van der Waals surface area contributed by atoms with Crippen molar-refractivity contribution in [3.63, 3.8) is 0 Å². The van der Waals surface area contributed by atoms with Crippen molar-refractivity contribution in [3.05, 3.63) is 18.2 Å². The molecule has 19 heavy (non-hydrogen) atoms. The van der Waals surface area contributed by atoms with E-state index in [1.54, 1.807) is 13.2 Å². The Hall–Kier alpha value is -2.15. The number of aliphatic hydroxyl groups is 1. The lowest BCUT2D eigenvalue weighted by atomic mass is 10.2. The van der Waals surface area contributed by atoms with Gasteiger partial charge in [-0.1, -0.05) is 0 Å². The fraction of sp³-hybridized carbons (Fsp3) is 0.417. The highest BCUT2D eigenvalue weighted by Gasteiger charge is 2.12. The van der Waals surface area contributed by atoms with Crippen molar-refractivity contribution in [2.24, 2.45) is 0 Å². The van der Waals surface area contributed by atoms with Gasteiger partial charge in [-0.15, -0.1) is 5.10 Å². The van der Waals surface area contributed by atoms with Crippen molar-refractivity contribution >= 4 is 0 Å². The molecule has 7 nitrogen and oxygen atoms in total. The lowest BCUT2D eigenvalue weighted by Crippen LogP contribution is -2.06. The largest absolute Gasteiger partial charge is 0.493 e. The van der Waals surface area contributed by atoms with Crippen LogP contribution in [0, 0.1) is 0 Å². The predicted molar refractivity (Wildman–Crippen MR) is 68.1 cm³/mol. The maximum absolute atomic E-state index is 8.97. The second-order valence-corrected chi connectivity index (χ2v) is 3.75. The van der Waals surface area contributed by atoms with Crippen LogP contribution in [0.4, 0.5) is 0 Å². The van der Waals surface area contributed by atoms with Crippen LogP contribution in [0.25, 0.3) is 11.4 Å². The summed E-state index contributed by atoms with van der Waals surface area (Å²) in [5, 5.41) is 20.4. The number of methoxy groups -OCH3 is 1. The van der Waals surface area contributed by atoms with Gasteiger partial charge in [0.05, 0.1) is 26.9 Å². The highest BCUT2D eigenvalue weighted by molar-refractivity contribution is 5.60. The summed E-state index contributed by atoms with van der Waals surface area (Å²) in [4.78, 5) is 0. The van der Waals surface area contributed by atoms with Gasteiger partial charge in [0.15, 0.2) is 17.3 Å². The van der Waals surface area contributed by atoms with E-state index in [2.05, 4.69) is 15.5 Å². The number of ether oxygens (including phenoxy) is 2. The molecule has 0 spiro atoms. The molecule has 0 amide bonds. The normalized spacial score (nSPS) is 10.5. The fourth-order valence-corrected chi connectivity index (χ4v) is 1.74. The van der Waals surface area contributed by atoms with Crippen LogP contribution < -0.4 is 9.47 Å². The summed E-state index contributed by atoms with van der Waals surface area (Å²) in [6.07, 6.45) is 0. The molecular formula is C12H16N4O3.